The van der Waals surface area contributed by atoms with Crippen LogP contribution in [0.15, 0.2) is 71.4 Å². The van der Waals surface area contributed by atoms with Gasteiger partial charge in [-0.1, -0.05) is 42.5 Å². The zero-order valence-electron chi connectivity index (χ0n) is 22.0. The van der Waals surface area contributed by atoms with Gasteiger partial charge in [-0.15, -0.1) is 0 Å². The number of non-ortho nitro benzene ring substituents is 1. The van der Waals surface area contributed by atoms with Crippen LogP contribution >= 0.6 is 0 Å². The van der Waals surface area contributed by atoms with E-state index in [1.165, 1.54) is 6.07 Å². The molecule has 1 aliphatic rings. The smallest absolute Gasteiger partial charge is 0.328 e. The summed E-state index contributed by atoms with van der Waals surface area (Å²) < 4.78 is 16.3. The van der Waals surface area contributed by atoms with Gasteiger partial charge in [0.15, 0.2) is 5.52 Å². The molecule has 4 aromatic rings. The summed E-state index contributed by atoms with van der Waals surface area (Å²) in [5, 5.41) is 25.1. The number of rotatable bonds is 13. The van der Waals surface area contributed by atoms with Crippen LogP contribution in [0.25, 0.3) is 11.0 Å². The fourth-order valence-corrected chi connectivity index (χ4v) is 4.77. The first-order chi connectivity index (χ1) is 19.6. The van der Waals surface area contributed by atoms with E-state index < -0.39 is 11.0 Å². The second-order valence-electron chi connectivity index (χ2n) is 9.69. The van der Waals surface area contributed by atoms with Crippen molar-refractivity contribution in [2.24, 2.45) is 0 Å². The lowest BCUT2D eigenvalue weighted by Gasteiger charge is -2.21. The topological polar surface area (TPSA) is 142 Å². The van der Waals surface area contributed by atoms with Gasteiger partial charge < -0.3 is 14.8 Å². The van der Waals surface area contributed by atoms with Crippen LogP contribution < -0.4 is 15.4 Å². The van der Waals surface area contributed by atoms with Crippen LogP contribution in [0.2, 0.25) is 0 Å². The molecule has 0 spiro atoms. The summed E-state index contributed by atoms with van der Waals surface area (Å²) in [5.41, 5.74) is 2.80. The summed E-state index contributed by atoms with van der Waals surface area (Å²) in [7, 11) is 0. The van der Waals surface area contributed by atoms with E-state index in [0.29, 0.717) is 37.3 Å². The highest BCUT2D eigenvalue weighted by atomic mass is 16.6. The Kier molecular flexibility index (Phi) is 8.82. The molecule has 1 aliphatic carbocycles. The number of nitro benzene ring substituents is 1. The van der Waals surface area contributed by atoms with Crippen molar-refractivity contribution in [3.05, 3.63) is 88.0 Å². The number of esters is 1. The molecule has 0 bridgehead atoms. The molecule has 5 rings (SSSR count). The number of ether oxygens (including phenoxy) is 2. The van der Waals surface area contributed by atoms with Crippen molar-refractivity contribution in [1.82, 2.24) is 15.6 Å². The fourth-order valence-electron chi connectivity index (χ4n) is 4.77. The van der Waals surface area contributed by atoms with E-state index in [9.17, 15) is 14.9 Å². The average Bonchev–Trinajstić information content (AvgIpc) is 3.67. The number of carbonyl (C=O) groups is 1. The van der Waals surface area contributed by atoms with Gasteiger partial charge in [-0.3, -0.25) is 15.4 Å². The molecule has 11 heteroatoms. The number of anilines is 1. The minimum atomic E-state index is -0.532. The van der Waals surface area contributed by atoms with Gasteiger partial charge in [-0.25, -0.2) is 9.42 Å². The van der Waals surface area contributed by atoms with Crippen LogP contribution in [0.3, 0.4) is 0 Å². The van der Waals surface area contributed by atoms with Gasteiger partial charge in [0.2, 0.25) is 5.52 Å². The summed E-state index contributed by atoms with van der Waals surface area (Å²) in [4.78, 5) is 23.6. The van der Waals surface area contributed by atoms with Crippen molar-refractivity contribution < 1.29 is 23.8 Å². The Labute approximate surface area is 231 Å². The van der Waals surface area contributed by atoms with Crippen molar-refractivity contribution in [3.63, 3.8) is 0 Å². The normalized spacial score (nSPS) is 14.2. The molecule has 40 heavy (non-hydrogen) atoms. The second kappa shape index (κ2) is 13.0. The SMILES string of the molecule is O=C(OC1CCCC1)C(NCc1ccc(OCCCNc2ccc([N+](=O)[O-])c3nonc23)cc1)c1ccccc1. The number of carbonyl (C=O) groups excluding carboxylic acids is 1. The predicted molar refractivity (Wildman–Crippen MR) is 148 cm³/mol. The third kappa shape index (κ3) is 6.73. The zero-order valence-corrected chi connectivity index (χ0v) is 22.0. The number of fused-ring (bicyclic) bond motifs is 1. The maximum absolute atomic E-state index is 13.0. The fraction of sp³-hybridized carbons (Fsp3) is 0.345. The maximum atomic E-state index is 13.0. The Hall–Kier alpha value is -4.51. The highest BCUT2D eigenvalue weighted by Gasteiger charge is 2.26. The third-order valence-electron chi connectivity index (χ3n) is 6.88. The van der Waals surface area contributed by atoms with E-state index in [-0.39, 0.29) is 23.3 Å². The van der Waals surface area contributed by atoms with Gasteiger partial charge in [0.25, 0.3) is 0 Å². The molecule has 1 heterocycles. The number of aromatic nitrogens is 2. The van der Waals surface area contributed by atoms with Crippen LogP contribution in [0.5, 0.6) is 5.75 Å². The molecule has 11 nitrogen and oxygen atoms in total. The Balaban J connectivity index is 1.09. The summed E-state index contributed by atoms with van der Waals surface area (Å²) in [5.74, 6) is 0.503. The summed E-state index contributed by atoms with van der Waals surface area (Å²) in [6.07, 6.45) is 4.79. The van der Waals surface area contributed by atoms with Crippen LogP contribution in [0.1, 0.15) is 49.3 Å². The third-order valence-corrected chi connectivity index (χ3v) is 6.88. The van der Waals surface area contributed by atoms with Crippen molar-refractivity contribution in [2.45, 2.75) is 50.8 Å². The number of nitro groups is 1. The van der Waals surface area contributed by atoms with Gasteiger partial charge >= 0.3 is 11.7 Å². The van der Waals surface area contributed by atoms with E-state index in [4.69, 9.17) is 9.47 Å². The molecule has 0 saturated heterocycles. The summed E-state index contributed by atoms with van der Waals surface area (Å²) >= 11 is 0. The molecule has 0 amide bonds. The van der Waals surface area contributed by atoms with Crippen LogP contribution in [0, 0.1) is 10.1 Å². The quantitative estimate of drug-likeness (QED) is 0.0980. The number of benzene rings is 3. The molecule has 1 atom stereocenters. The predicted octanol–water partition coefficient (Wildman–Crippen LogP) is 5.33. The lowest BCUT2D eigenvalue weighted by atomic mass is 10.1. The number of hydrogen-bond acceptors (Lipinski definition) is 10. The highest BCUT2D eigenvalue weighted by Crippen LogP contribution is 2.29. The van der Waals surface area contributed by atoms with Gasteiger partial charge in [0.1, 0.15) is 17.9 Å². The zero-order chi connectivity index (χ0) is 27.7. The largest absolute Gasteiger partial charge is 0.494 e. The standard InChI is InChI=1S/C29H31N5O6/c35-29(39-23-9-4-5-10-23)26(21-7-2-1-3-8-21)31-19-20-11-13-22(14-12-20)38-18-6-17-30-24-15-16-25(34(36)37)28-27(24)32-40-33-28/h1-3,7-8,11-16,23,26,30-31H,4-6,9-10,17-19H2. The van der Waals surface area contributed by atoms with Crippen LogP contribution in [-0.4, -0.2) is 40.5 Å². The van der Waals surface area contributed by atoms with Crippen molar-refractivity contribution in [3.8, 4) is 5.75 Å². The molecule has 0 radical (unpaired) electrons. The van der Waals surface area contributed by atoms with Crippen LogP contribution in [0.4, 0.5) is 11.4 Å². The van der Waals surface area contributed by atoms with Crippen molar-refractivity contribution >= 4 is 28.4 Å². The molecule has 1 unspecified atom stereocenters. The lowest BCUT2D eigenvalue weighted by Crippen LogP contribution is -2.32. The second-order valence-corrected chi connectivity index (χ2v) is 9.69. The van der Waals surface area contributed by atoms with Crippen LogP contribution in [-0.2, 0) is 16.1 Å². The van der Waals surface area contributed by atoms with Crippen molar-refractivity contribution in [1.29, 1.82) is 0 Å². The summed E-state index contributed by atoms with van der Waals surface area (Å²) in [6.45, 7) is 1.55. The highest BCUT2D eigenvalue weighted by molar-refractivity contribution is 5.93. The Morgan fingerprint density at radius 1 is 1.02 bits per heavy atom. The molecule has 2 N–H and O–H groups in total. The molecule has 1 aromatic heterocycles. The van der Waals surface area contributed by atoms with Crippen molar-refractivity contribution in [2.75, 3.05) is 18.5 Å². The lowest BCUT2D eigenvalue weighted by molar-refractivity contribution is -0.383. The maximum Gasteiger partial charge on any atom is 0.328 e. The average molecular weight is 546 g/mol. The first-order valence-corrected chi connectivity index (χ1v) is 13.4. The Morgan fingerprint density at radius 3 is 2.52 bits per heavy atom. The Morgan fingerprint density at radius 2 is 1.77 bits per heavy atom. The van der Waals surface area contributed by atoms with E-state index in [1.54, 1.807) is 6.07 Å². The number of hydrogen-bond donors (Lipinski definition) is 2. The van der Waals surface area contributed by atoms with Gasteiger partial charge in [-0.2, -0.15) is 0 Å². The molecule has 1 saturated carbocycles. The van der Waals surface area contributed by atoms with Gasteiger partial charge in [-0.05, 0) is 71.7 Å². The van der Waals surface area contributed by atoms with E-state index in [0.717, 1.165) is 42.6 Å². The molecule has 208 valence electrons. The van der Waals surface area contributed by atoms with E-state index in [2.05, 4.69) is 25.6 Å². The molecule has 3 aromatic carbocycles. The number of nitrogens with zero attached hydrogens (tertiary/aromatic N) is 3. The number of nitrogens with one attached hydrogen (secondary N) is 2. The molecule has 0 aliphatic heterocycles. The monoisotopic (exact) mass is 545 g/mol. The molecule has 1 fully saturated rings. The van der Waals surface area contributed by atoms with Gasteiger partial charge in [0.05, 0.1) is 17.2 Å². The Bertz CT molecular complexity index is 1420. The molecular formula is C29H31N5O6. The minimum Gasteiger partial charge on any atom is -0.494 e. The van der Waals surface area contributed by atoms with E-state index >= 15 is 0 Å². The first-order valence-electron chi connectivity index (χ1n) is 13.4. The molecular weight excluding hydrogens is 514 g/mol. The summed E-state index contributed by atoms with van der Waals surface area (Å²) in [6, 6.07) is 19.8. The van der Waals surface area contributed by atoms with E-state index in [1.807, 2.05) is 54.6 Å². The minimum absolute atomic E-state index is 0.0154. The van der Waals surface area contributed by atoms with Gasteiger partial charge in [0, 0.05) is 19.2 Å². The first kappa shape index (κ1) is 27.1.